The summed E-state index contributed by atoms with van der Waals surface area (Å²) in [4.78, 5) is 0.0784. The van der Waals surface area contributed by atoms with Gasteiger partial charge in [-0.2, -0.15) is 4.31 Å². The monoisotopic (exact) mass is 348 g/mol. The van der Waals surface area contributed by atoms with Crippen LogP contribution in [0.3, 0.4) is 0 Å². The normalized spacial score (nSPS) is 29.0. The number of benzene rings is 1. The number of fused-ring (bicyclic) bond motifs is 1. The van der Waals surface area contributed by atoms with Gasteiger partial charge in [0.1, 0.15) is 5.82 Å². The summed E-state index contributed by atoms with van der Waals surface area (Å²) in [7, 11) is -3.64. The lowest BCUT2D eigenvalue weighted by Gasteiger charge is -2.29. The Labute approximate surface area is 137 Å². The topological polar surface area (TPSA) is 63.4 Å². The van der Waals surface area contributed by atoms with E-state index in [2.05, 4.69) is 0 Å². The molecule has 0 radical (unpaired) electrons. The maximum atomic E-state index is 13.4. The first kappa shape index (κ1) is 17.7. The summed E-state index contributed by atoms with van der Waals surface area (Å²) in [5, 5.41) is 0. The predicted octanol–water partition coefficient (Wildman–Crippen LogP) is 2.30. The van der Waals surface area contributed by atoms with Crippen molar-refractivity contribution in [1.82, 2.24) is 4.31 Å². The predicted molar refractivity (Wildman–Crippen MR) is 86.0 cm³/mol. The van der Waals surface area contributed by atoms with Crippen molar-refractivity contribution in [2.75, 3.05) is 13.1 Å². The standard InChI is InChI=1S/C15H21FN2O2S.ClH/c1-10-5-6-12(16)7-15(10)21(19,20)18-8-11-3-2-4-14(17)13(11)9-18;/h5-7,11,13-14H,2-4,8-9,17H2,1H3;1H. The maximum Gasteiger partial charge on any atom is 0.243 e. The molecule has 1 saturated carbocycles. The fourth-order valence-corrected chi connectivity index (χ4v) is 5.43. The van der Waals surface area contributed by atoms with Crippen LogP contribution >= 0.6 is 12.4 Å². The minimum atomic E-state index is -3.64. The van der Waals surface area contributed by atoms with Crippen molar-refractivity contribution in [2.24, 2.45) is 17.6 Å². The van der Waals surface area contributed by atoms with Crippen LogP contribution in [0, 0.1) is 24.6 Å². The summed E-state index contributed by atoms with van der Waals surface area (Å²) in [5.74, 6) is 0.0623. The second-order valence-corrected chi connectivity index (χ2v) is 8.16. The lowest BCUT2D eigenvalue weighted by atomic mass is 9.78. The van der Waals surface area contributed by atoms with Gasteiger partial charge in [0.2, 0.25) is 10.0 Å². The van der Waals surface area contributed by atoms with E-state index in [0.717, 1.165) is 25.3 Å². The Morgan fingerprint density at radius 3 is 2.68 bits per heavy atom. The average molecular weight is 349 g/mol. The molecule has 1 aliphatic carbocycles. The zero-order valence-corrected chi connectivity index (χ0v) is 14.2. The lowest BCUT2D eigenvalue weighted by molar-refractivity contribution is 0.260. The molecule has 3 unspecified atom stereocenters. The van der Waals surface area contributed by atoms with Gasteiger partial charge in [-0.15, -0.1) is 12.4 Å². The number of nitrogens with two attached hydrogens (primary N) is 1. The molecule has 2 N–H and O–H groups in total. The van der Waals surface area contributed by atoms with Gasteiger partial charge in [0, 0.05) is 19.1 Å². The number of sulfonamides is 1. The lowest BCUT2D eigenvalue weighted by Crippen LogP contribution is -2.38. The molecule has 4 nitrogen and oxygen atoms in total. The Bertz CT molecular complexity index is 653. The van der Waals surface area contributed by atoms with Gasteiger partial charge < -0.3 is 5.73 Å². The molecule has 1 aromatic rings. The molecule has 2 fully saturated rings. The molecule has 7 heteroatoms. The third-order valence-electron chi connectivity index (χ3n) is 4.89. The fourth-order valence-electron chi connectivity index (χ4n) is 3.66. The number of hydrogen-bond donors (Lipinski definition) is 1. The van der Waals surface area contributed by atoms with Crippen molar-refractivity contribution in [2.45, 2.75) is 37.1 Å². The van der Waals surface area contributed by atoms with Crippen LogP contribution in [0.1, 0.15) is 24.8 Å². The van der Waals surface area contributed by atoms with Gasteiger partial charge in [0.25, 0.3) is 0 Å². The van der Waals surface area contributed by atoms with E-state index in [9.17, 15) is 12.8 Å². The number of hydrogen-bond acceptors (Lipinski definition) is 3. The molecule has 0 aromatic heterocycles. The Balaban J connectivity index is 0.00000176. The van der Waals surface area contributed by atoms with Crippen LogP contribution in [0.15, 0.2) is 23.1 Å². The van der Waals surface area contributed by atoms with Crippen LogP contribution in [0.4, 0.5) is 4.39 Å². The highest BCUT2D eigenvalue weighted by Gasteiger charge is 2.43. The van der Waals surface area contributed by atoms with Gasteiger partial charge in [-0.1, -0.05) is 12.5 Å². The summed E-state index contributed by atoms with van der Waals surface area (Å²) < 4.78 is 40.5. The van der Waals surface area contributed by atoms with Gasteiger partial charge in [-0.3, -0.25) is 0 Å². The van der Waals surface area contributed by atoms with Gasteiger partial charge in [0.05, 0.1) is 4.90 Å². The second kappa shape index (κ2) is 6.43. The largest absolute Gasteiger partial charge is 0.327 e. The molecule has 1 aliphatic heterocycles. The smallest absolute Gasteiger partial charge is 0.243 e. The summed E-state index contributed by atoms with van der Waals surface area (Å²) in [5.41, 5.74) is 6.72. The van der Waals surface area contributed by atoms with Crippen LogP contribution in [-0.4, -0.2) is 31.9 Å². The van der Waals surface area contributed by atoms with Crippen LogP contribution in [0.25, 0.3) is 0 Å². The van der Waals surface area contributed by atoms with Gasteiger partial charge >= 0.3 is 0 Å². The molecule has 1 saturated heterocycles. The SMILES string of the molecule is Cc1ccc(F)cc1S(=O)(=O)N1CC2CCCC(N)C2C1.Cl. The van der Waals surface area contributed by atoms with Crippen molar-refractivity contribution in [1.29, 1.82) is 0 Å². The Morgan fingerprint density at radius 1 is 1.27 bits per heavy atom. The van der Waals surface area contributed by atoms with Crippen molar-refractivity contribution in [3.63, 3.8) is 0 Å². The molecule has 0 spiro atoms. The number of aryl methyl sites for hydroxylation is 1. The van der Waals surface area contributed by atoms with Crippen LogP contribution in [-0.2, 0) is 10.0 Å². The molecular weight excluding hydrogens is 327 g/mol. The minimum absolute atomic E-state index is 0. The minimum Gasteiger partial charge on any atom is -0.327 e. The highest BCUT2D eigenvalue weighted by Crippen LogP contribution is 2.38. The summed E-state index contributed by atoms with van der Waals surface area (Å²) in [6.45, 7) is 2.67. The zero-order chi connectivity index (χ0) is 15.2. The van der Waals surface area contributed by atoms with Gasteiger partial charge in [-0.25, -0.2) is 12.8 Å². The molecule has 3 atom stereocenters. The second-order valence-electron chi connectivity index (χ2n) is 6.25. The molecule has 22 heavy (non-hydrogen) atoms. The molecule has 3 rings (SSSR count). The quantitative estimate of drug-likeness (QED) is 0.892. The van der Waals surface area contributed by atoms with Gasteiger partial charge in [0.15, 0.2) is 0 Å². The summed E-state index contributed by atoms with van der Waals surface area (Å²) >= 11 is 0. The van der Waals surface area contributed by atoms with E-state index >= 15 is 0 Å². The van der Waals surface area contributed by atoms with Crippen molar-refractivity contribution >= 4 is 22.4 Å². The van der Waals surface area contributed by atoms with E-state index in [1.54, 1.807) is 6.92 Å². The first-order valence-corrected chi connectivity index (χ1v) is 8.85. The third-order valence-corrected chi connectivity index (χ3v) is 6.86. The first-order valence-electron chi connectivity index (χ1n) is 7.41. The van der Waals surface area contributed by atoms with E-state index in [1.165, 1.54) is 16.4 Å². The Kier molecular flexibility index (Phi) is 5.16. The molecule has 0 bridgehead atoms. The van der Waals surface area contributed by atoms with Crippen LogP contribution in [0.2, 0.25) is 0 Å². The van der Waals surface area contributed by atoms with Crippen LogP contribution < -0.4 is 5.73 Å². The summed E-state index contributed by atoms with van der Waals surface area (Å²) in [6.07, 6.45) is 3.07. The molecular formula is C15H22ClFN2O2S. The number of nitrogens with zero attached hydrogens (tertiary/aromatic N) is 1. The summed E-state index contributed by atoms with van der Waals surface area (Å²) in [6, 6.07) is 4.00. The van der Waals surface area contributed by atoms with E-state index in [0.29, 0.717) is 24.6 Å². The Hall–Kier alpha value is -0.690. The molecule has 1 heterocycles. The van der Waals surface area contributed by atoms with Crippen LogP contribution in [0.5, 0.6) is 0 Å². The van der Waals surface area contributed by atoms with E-state index in [4.69, 9.17) is 5.73 Å². The van der Waals surface area contributed by atoms with E-state index in [1.807, 2.05) is 0 Å². The fraction of sp³-hybridized carbons (Fsp3) is 0.600. The van der Waals surface area contributed by atoms with Gasteiger partial charge in [-0.05, 0) is 49.3 Å². The third kappa shape index (κ3) is 3.02. The molecule has 2 aliphatic rings. The van der Waals surface area contributed by atoms with Crippen molar-refractivity contribution in [3.05, 3.63) is 29.6 Å². The number of rotatable bonds is 2. The maximum absolute atomic E-state index is 13.4. The van der Waals surface area contributed by atoms with Crippen molar-refractivity contribution < 1.29 is 12.8 Å². The van der Waals surface area contributed by atoms with Crippen molar-refractivity contribution in [3.8, 4) is 0 Å². The zero-order valence-electron chi connectivity index (χ0n) is 12.5. The van der Waals surface area contributed by atoms with E-state index < -0.39 is 15.8 Å². The highest BCUT2D eigenvalue weighted by atomic mass is 35.5. The Morgan fingerprint density at radius 2 is 2.00 bits per heavy atom. The average Bonchev–Trinajstić information content (AvgIpc) is 2.88. The van der Waals surface area contributed by atoms with E-state index in [-0.39, 0.29) is 29.3 Å². The highest BCUT2D eigenvalue weighted by molar-refractivity contribution is 7.89. The molecule has 1 aromatic carbocycles. The molecule has 124 valence electrons. The molecule has 0 amide bonds. The first-order chi connectivity index (χ1) is 9.89. The number of halogens is 2.